The van der Waals surface area contributed by atoms with Gasteiger partial charge < -0.3 is 15.2 Å². The van der Waals surface area contributed by atoms with Crippen molar-refractivity contribution >= 4 is 11.6 Å². The second-order valence-corrected chi connectivity index (χ2v) is 5.97. The predicted molar refractivity (Wildman–Crippen MR) is 93.5 cm³/mol. The van der Waals surface area contributed by atoms with Crippen molar-refractivity contribution in [2.24, 2.45) is 0 Å². The fraction of sp³-hybridized carbons (Fsp3) is 0.444. The van der Waals surface area contributed by atoms with E-state index in [1.165, 1.54) is 6.07 Å². The minimum absolute atomic E-state index is 0.0856. The molecule has 0 radical (unpaired) electrons. The molecule has 0 fully saturated rings. The third-order valence-electron chi connectivity index (χ3n) is 3.88. The summed E-state index contributed by atoms with van der Waals surface area (Å²) in [5, 5.41) is 6.13. The van der Waals surface area contributed by atoms with Crippen molar-refractivity contribution in [1.29, 1.82) is 0 Å². The van der Waals surface area contributed by atoms with E-state index in [9.17, 15) is 9.18 Å². The fourth-order valence-corrected chi connectivity index (χ4v) is 2.56. The Labute approximate surface area is 142 Å². The first-order valence-electron chi connectivity index (χ1n) is 8.29. The lowest BCUT2D eigenvalue weighted by Crippen LogP contribution is -2.33. The molecule has 0 aliphatic rings. The highest BCUT2D eigenvalue weighted by Gasteiger charge is 2.08. The topological polar surface area (TPSA) is 59.0 Å². The smallest absolute Gasteiger partial charge is 0.225 e. The molecule has 24 heavy (non-hydrogen) atoms. The van der Waals surface area contributed by atoms with Crippen molar-refractivity contribution in [3.63, 3.8) is 0 Å². The molecular weight excluding hydrogens is 307 g/mol. The van der Waals surface area contributed by atoms with E-state index < -0.39 is 0 Å². The second-order valence-electron chi connectivity index (χ2n) is 5.97. The molecule has 1 aromatic heterocycles. The Kier molecular flexibility index (Phi) is 6.49. The van der Waals surface area contributed by atoms with Crippen LogP contribution in [0.25, 0.3) is 0 Å². The summed E-state index contributed by atoms with van der Waals surface area (Å²) in [4.78, 5) is 16.2. The standard InChI is InChI=1S/C18H25FN4O/c1-4-17-21-9-10-23(17)12-14(3)20-8-7-18(24)22-15-5-6-16(19)13(2)11-15/h5-6,9-11,14,20H,4,7-8,12H2,1-3H3,(H,22,24). The van der Waals surface area contributed by atoms with Gasteiger partial charge in [0.2, 0.25) is 5.91 Å². The Morgan fingerprint density at radius 3 is 2.92 bits per heavy atom. The van der Waals surface area contributed by atoms with Crippen LogP contribution < -0.4 is 10.6 Å². The van der Waals surface area contributed by atoms with E-state index in [-0.39, 0.29) is 17.8 Å². The molecule has 0 bridgehead atoms. The molecule has 0 saturated heterocycles. The number of anilines is 1. The van der Waals surface area contributed by atoms with Crippen molar-refractivity contribution in [2.75, 3.05) is 11.9 Å². The third-order valence-corrected chi connectivity index (χ3v) is 3.88. The number of rotatable bonds is 8. The summed E-state index contributed by atoms with van der Waals surface area (Å²) in [5.41, 5.74) is 1.14. The molecule has 1 amide bonds. The monoisotopic (exact) mass is 332 g/mol. The molecule has 1 aromatic carbocycles. The van der Waals surface area contributed by atoms with Crippen molar-refractivity contribution in [1.82, 2.24) is 14.9 Å². The van der Waals surface area contributed by atoms with Crippen LogP contribution in [0.4, 0.5) is 10.1 Å². The van der Waals surface area contributed by atoms with Crippen molar-refractivity contribution in [2.45, 2.75) is 46.2 Å². The maximum absolute atomic E-state index is 13.2. The lowest BCUT2D eigenvalue weighted by Gasteiger charge is -2.16. The summed E-state index contributed by atoms with van der Waals surface area (Å²) in [6, 6.07) is 4.81. The predicted octanol–water partition coefficient (Wildman–Crippen LogP) is 2.90. The Morgan fingerprint density at radius 1 is 1.42 bits per heavy atom. The lowest BCUT2D eigenvalue weighted by molar-refractivity contribution is -0.116. The molecular formula is C18H25FN4O. The molecule has 0 aliphatic heterocycles. The fourth-order valence-electron chi connectivity index (χ4n) is 2.56. The number of benzene rings is 1. The van der Waals surface area contributed by atoms with E-state index in [0.29, 0.717) is 24.2 Å². The van der Waals surface area contributed by atoms with Gasteiger partial charge in [-0.15, -0.1) is 0 Å². The number of nitrogens with one attached hydrogen (secondary N) is 2. The summed E-state index contributed by atoms with van der Waals surface area (Å²) in [6.45, 7) is 7.25. The Hall–Kier alpha value is -2.21. The zero-order valence-corrected chi connectivity index (χ0v) is 14.5. The summed E-state index contributed by atoms with van der Waals surface area (Å²) in [5.74, 6) is 0.708. The van der Waals surface area contributed by atoms with Gasteiger partial charge in [-0.1, -0.05) is 6.92 Å². The average molecular weight is 332 g/mol. The number of aryl methyl sites for hydroxylation is 2. The normalized spacial score (nSPS) is 12.2. The number of aromatic nitrogens is 2. The molecule has 2 rings (SSSR count). The molecule has 5 nitrogen and oxygen atoms in total. The largest absolute Gasteiger partial charge is 0.333 e. The van der Waals surface area contributed by atoms with Crippen LogP contribution in [0.1, 0.15) is 31.7 Å². The lowest BCUT2D eigenvalue weighted by atomic mass is 10.2. The quantitative estimate of drug-likeness (QED) is 0.781. The zero-order chi connectivity index (χ0) is 17.5. The molecule has 0 saturated carbocycles. The molecule has 1 heterocycles. The van der Waals surface area contributed by atoms with Gasteiger partial charge in [0.1, 0.15) is 11.6 Å². The van der Waals surface area contributed by atoms with Crippen LogP contribution in [0.5, 0.6) is 0 Å². The number of nitrogens with zero attached hydrogens (tertiary/aromatic N) is 2. The third kappa shape index (κ3) is 5.16. The van der Waals surface area contributed by atoms with Crippen LogP contribution in [0, 0.1) is 12.7 Å². The zero-order valence-electron chi connectivity index (χ0n) is 14.5. The van der Waals surface area contributed by atoms with Crippen molar-refractivity contribution < 1.29 is 9.18 Å². The summed E-state index contributed by atoms with van der Waals surface area (Å²) >= 11 is 0. The van der Waals surface area contributed by atoms with Gasteiger partial charge in [0, 0.05) is 50.1 Å². The van der Waals surface area contributed by atoms with Crippen molar-refractivity contribution in [3.05, 3.63) is 47.8 Å². The van der Waals surface area contributed by atoms with Crippen molar-refractivity contribution in [3.8, 4) is 0 Å². The molecule has 1 unspecified atom stereocenters. The number of hydrogen-bond donors (Lipinski definition) is 2. The Bertz CT molecular complexity index is 683. The average Bonchev–Trinajstić information content (AvgIpc) is 2.98. The van der Waals surface area contributed by atoms with Crippen LogP contribution in [-0.2, 0) is 17.8 Å². The van der Waals surface area contributed by atoms with Gasteiger partial charge in [-0.05, 0) is 37.6 Å². The maximum Gasteiger partial charge on any atom is 0.225 e. The Morgan fingerprint density at radius 2 is 2.21 bits per heavy atom. The van der Waals surface area contributed by atoms with Gasteiger partial charge in [-0.3, -0.25) is 4.79 Å². The van der Waals surface area contributed by atoms with E-state index >= 15 is 0 Å². The highest BCUT2D eigenvalue weighted by Crippen LogP contribution is 2.13. The molecule has 130 valence electrons. The van der Waals surface area contributed by atoms with Gasteiger partial charge in [0.25, 0.3) is 0 Å². The van der Waals surface area contributed by atoms with Gasteiger partial charge in [-0.2, -0.15) is 0 Å². The number of carbonyl (C=O) groups is 1. The van der Waals surface area contributed by atoms with Crippen LogP contribution in [0.3, 0.4) is 0 Å². The number of halogens is 1. The van der Waals surface area contributed by atoms with Crippen LogP contribution >= 0.6 is 0 Å². The van der Waals surface area contributed by atoms with E-state index in [1.807, 2.05) is 12.4 Å². The van der Waals surface area contributed by atoms with Gasteiger partial charge in [-0.25, -0.2) is 9.37 Å². The van der Waals surface area contributed by atoms with Crippen LogP contribution in [0.2, 0.25) is 0 Å². The van der Waals surface area contributed by atoms with Gasteiger partial charge >= 0.3 is 0 Å². The van der Waals surface area contributed by atoms with Gasteiger partial charge in [0.05, 0.1) is 0 Å². The first-order valence-corrected chi connectivity index (χ1v) is 8.29. The molecule has 1 atom stereocenters. The molecule has 0 spiro atoms. The second kappa shape index (κ2) is 8.59. The molecule has 6 heteroatoms. The SMILES string of the molecule is CCc1nccn1CC(C)NCCC(=O)Nc1ccc(F)c(C)c1. The highest BCUT2D eigenvalue weighted by molar-refractivity contribution is 5.90. The molecule has 2 N–H and O–H groups in total. The summed E-state index contributed by atoms with van der Waals surface area (Å²) < 4.78 is 15.3. The first kappa shape index (κ1) is 18.1. The maximum atomic E-state index is 13.2. The number of imidazole rings is 1. The van der Waals surface area contributed by atoms with E-state index in [0.717, 1.165) is 18.8 Å². The molecule has 0 aliphatic carbocycles. The highest BCUT2D eigenvalue weighted by atomic mass is 19.1. The molecule has 2 aromatic rings. The number of amides is 1. The minimum atomic E-state index is -0.269. The number of carbonyl (C=O) groups excluding carboxylic acids is 1. The van der Waals surface area contributed by atoms with E-state index in [4.69, 9.17) is 0 Å². The van der Waals surface area contributed by atoms with E-state index in [1.54, 1.807) is 19.1 Å². The summed E-state index contributed by atoms with van der Waals surface area (Å²) in [7, 11) is 0. The van der Waals surface area contributed by atoms with Gasteiger partial charge in [0.15, 0.2) is 0 Å². The van der Waals surface area contributed by atoms with Crippen LogP contribution in [0.15, 0.2) is 30.6 Å². The Balaban J connectivity index is 1.72. The van der Waals surface area contributed by atoms with E-state index in [2.05, 4.69) is 34.0 Å². The summed E-state index contributed by atoms with van der Waals surface area (Å²) in [6.07, 6.45) is 5.05. The van der Waals surface area contributed by atoms with Crippen LogP contribution in [-0.4, -0.2) is 28.0 Å². The first-order chi connectivity index (χ1) is 11.5. The minimum Gasteiger partial charge on any atom is -0.333 e. The number of hydrogen-bond acceptors (Lipinski definition) is 3.